The van der Waals surface area contributed by atoms with E-state index < -0.39 is 5.41 Å². The highest BCUT2D eigenvalue weighted by Crippen LogP contribution is 2.63. The molecule has 0 amide bonds. The van der Waals surface area contributed by atoms with E-state index in [9.17, 15) is 0 Å². The first-order valence-corrected chi connectivity index (χ1v) is 19.4. The molecule has 3 nitrogen and oxygen atoms in total. The lowest BCUT2D eigenvalue weighted by Gasteiger charge is -2.46. The molecule has 264 valence electrons. The van der Waals surface area contributed by atoms with Crippen LogP contribution in [-0.4, -0.2) is 15.0 Å². The van der Waals surface area contributed by atoms with Crippen molar-refractivity contribution in [2.75, 3.05) is 0 Å². The largest absolute Gasteiger partial charge is 0.208 e. The van der Waals surface area contributed by atoms with Gasteiger partial charge in [-0.05, 0) is 72.5 Å². The molecule has 0 saturated carbocycles. The molecule has 2 aliphatic rings. The van der Waals surface area contributed by atoms with Gasteiger partial charge in [-0.1, -0.05) is 196 Å². The molecule has 1 aromatic heterocycles. The van der Waals surface area contributed by atoms with Crippen molar-refractivity contribution in [3.63, 3.8) is 0 Å². The molecule has 9 aromatic rings. The maximum absolute atomic E-state index is 5.20. The quantitative estimate of drug-likeness (QED) is 0.182. The smallest absolute Gasteiger partial charge is 0.164 e. The minimum Gasteiger partial charge on any atom is -0.208 e. The first-order valence-electron chi connectivity index (χ1n) is 19.4. The van der Waals surface area contributed by atoms with Gasteiger partial charge in [0.25, 0.3) is 0 Å². The molecule has 0 N–H and O–H groups in total. The Morgan fingerprint density at radius 2 is 0.821 bits per heavy atom. The van der Waals surface area contributed by atoms with Gasteiger partial charge >= 0.3 is 0 Å². The van der Waals surface area contributed by atoms with E-state index in [1.807, 2.05) is 18.2 Å². The zero-order chi connectivity index (χ0) is 37.4. The van der Waals surface area contributed by atoms with Gasteiger partial charge in [-0.15, -0.1) is 0 Å². The first-order chi connectivity index (χ1) is 27.5. The highest BCUT2D eigenvalue weighted by atomic mass is 15.0. The van der Waals surface area contributed by atoms with Crippen molar-refractivity contribution in [2.24, 2.45) is 0 Å². The summed E-state index contributed by atoms with van der Waals surface area (Å²) in [5, 5.41) is 2.26. The molecule has 0 unspecified atom stereocenters. The van der Waals surface area contributed by atoms with Crippen molar-refractivity contribution in [3.8, 4) is 56.4 Å². The third-order valence-corrected chi connectivity index (χ3v) is 12.2. The molecule has 11 rings (SSSR count). The lowest BCUT2D eigenvalue weighted by molar-refractivity contribution is 0.563. The monoisotopic (exact) mass is 715 g/mol. The van der Waals surface area contributed by atoms with Crippen LogP contribution in [0.5, 0.6) is 0 Å². The van der Waals surface area contributed by atoms with Crippen LogP contribution in [0.25, 0.3) is 67.2 Å². The fourth-order valence-electron chi connectivity index (χ4n) is 9.74. The highest BCUT2D eigenvalue weighted by Gasteiger charge is 2.53. The SMILES string of the molecule is CC1(C)c2ccccc2C2(c3ccccc3-c3c(-c4cccc(-c5nc(-c6ccccc6)nc(-c6cccc7ccccc67)n5)c4)cccc32)c2ccccc21. The summed E-state index contributed by atoms with van der Waals surface area (Å²) in [5.41, 5.74) is 15.3. The van der Waals surface area contributed by atoms with E-state index in [0.29, 0.717) is 17.5 Å². The summed E-state index contributed by atoms with van der Waals surface area (Å²) >= 11 is 0. The van der Waals surface area contributed by atoms with Crippen LogP contribution in [0, 0.1) is 0 Å². The van der Waals surface area contributed by atoms with Crippen LogP contribution in [0.4, 0.5) is 0 Å². The second kappa shape index (κ2) is 12.3. The Kier molecular flexibility index (Phi) is 7.11. The number of benzene rings is 8. The number of fused-ring (bicyclic) bond motifs is 10. The third kappa shape index (κ3) is 4.61. The number of hydrogen-bond acceptors (Lipinski definition) is 3. The predicted molar refractivity (Wildman–Crippen MR) is 229 cm³/mol. The van der Waals surface area contributed by atoms with Gasteiger partial charge in [-0.3, -0.25) is 0 Å². The van der Waals surface area contributed by atoms with Gasteiger partial charge in [0.15, 0.2) is 17.5 Å². The van der Waals surface area contributed by atoms with E-state index in [1.54, 1.807) is 0 Å². The summed E-state index contributed by atoms with van der Waals surface area (Å²) in [6, 6.07) is 67.8. The standard InChI is InChI=1S/C53H37N3/c1-52(2)43-28-10-12-30-45(43)53(46-31-13-11-29-44(46)52)42-27-9-8-24-41(42)48-39(25-16-32-47(48)53)36-21-14-22-37(33-36)50-54-49(35-18-4-3-5-19-35)55-51(56-50)40-26-15-20-34-17-6-7-23-38(34)40/h3-33H,1-2H3. The average Bonchev–Trinajstić information content (AvgIpc) is 3.57. The molecule has 56 heavy (non-hydrogen) atoms. The summed E-state index contributed by atoms with van der Waals surface area (Å²) < 4.78 is 0. The van der Waals surface area contributed by atoms with E-state index in [0.717, 1.165) is 33.0 Å². The van der Waals surface area contributed by atoms with E-state index in [4.69, 9.17) is 15.0 Å². The Hall–Kier alpha value is -6.97. The Morgan fingerprint density at radius 3 is 1.59 bits per heavy atom. The molecule has 8 aromatic carbocycles. The van der Waals surface area contributed by atoms with Crippen molar-refractivity contribution >= 4 is 10.8 Å². The predicted octanol–water partition coefficient (Wildman–Crippen LogP) is 12.7. The van der Waals surface area contributed by atoms with Gasteiger partial charge in [0.2, 0.25) is 0 Å². The zero-order valence-electron chi connectivity index (χ0n) is 31.2. The molecule has 0 radical (unpaired) electrons. The van der Waals surface area contributed by atoms with Gasteiger partial charge in [0, 0.05) is 22.1 Å². The van der Waals surface area contributed by atoms with Gasteiger partial charge in [-0.2, -0.15) is 0 Å². The molecule has 0 fully saturated rings. The van der Waals surface area contributed by atoms with Crippen molar-refractivity contribution in [1.82, 2.24) is 15.0 Å². The molecule has 0 aliphatic heterocycles. The van der Waals surface area contributed by atoms with Crippen molar-refractivity contribution < 1.29 is 0 Å². The normalized spacial score (nSPS) is 14.2. The lowest BCUT2D eigenvalue weighted by atomic mass is 9.55. The van der Waals surface area contributed by atoms with E-state index >= 15 is 0 Å². The van der Waals surface area contributed by atoms with Crippen molar-refractivity contribution in [2.45, 2.75) is 24.7 Å². The third-order valence-electron chi connectivity index (χ3n) is 12.2. The van der Waals surface area contributed by atoms with E-state index in [-0.39, 0.29) is 5.41 Å². The molecular weight excluding hydrogens is 679 g/mol. The van der Waals surface area contributed by atoms with Crippen LogP contribution in [0.3, 0.4) is 0 Å². The number of nitrogens with zero attached hydrogens (tertiary/aromatic N) is 3. The Balaban J connectivity index is 1.13. The number of hydrogen-bond donors (Lipinski definition) is 0. The summed E-state index contributed by atoms with van der Waals surface area (Å²) in [6.45, 7) is 4.74. The number of rotatable bonds is 4. The lowest BCUT2D eigenvalue weighted by Crippen LogP contribution is -2.40. The fourth-order valence-corrected chi connectivity index (χ4v) is 9.74. The Bertz CT molecular complexity index is 2960. The topological polar surface area (TPSA) is 38.7 Å². The fraction of sp³-hybridized carbons (Fsp3) is 0.0755. The second-order valence-corrected chi connectivity index (χ2v) is 15.5. The molecule has 0 atom stereocenters. The van der Waals surface area contributed by atoms with Crippen molar-refractivity contribution in [3.05, 3.63) is 221 Å². The molecule has 3 heteroatoms. The summed E-state index contributed by atoms with van der Waals surface area (Å²) in [6.07, 6.45) is 0. The summed E-state index contributed by atoms with van der Waals surface area (Å²) in [4.78, 5) is 15.4. The molecule has 0 bridgehead atoms. The Morgan fingerprint density at radius 1 is 0.339 bits per heavy atom. The van der Waals surface area contributed by atoms with Crippen molar-refractivity contribution in [1.29, 1.82) is 0 Å². The molecule has 1 spiro atoms. The maximum atomic E-state index is 5.20. The van der Waals surface area contributed by atoms with Gasteiger partial charge < -0.3 is 0 Å². The minimum atomic E-state index is -0.450. The summed E-state index contributed by atoms with van der Waals surface area (Å²) in [7, 11) is 0. The Labute approximate surface area is 327 Å². The molecule has 1 heterocycles. The van der Waals surface area contributed by atoms with Crippen LogP contribution in [0.15, 0.2) is 188 Å². The minimum absolute atomic E-state index is 0.143. The van der Waals surface area contributed by atoms with Gasteiger partial charge in [0.05, 0.1) is 5.41 Å². The van der Waals surface area contributed by atoms with Crippen LogP contribution in [0.1, 0.15) is 47.2 Å². The van der Waals surface area contributed by atoms with Crippen LogP contribution >= 0.6 is 0 Å². The maximum Gasteiger partial charge on any atom is 0.164 e. The van der Waals surface area contributed by atoms with Crippen LogP contribution < -0.4 is 0 Å². The van der Waals surface area contributed by atoms with Crippen LogP contribution in [0.2, 0.25) is 0 Å². The number of aromatic nitrogens is 3. The van der Waals surface area contributed by atoms with Gasteiger partial charge in [0.1, 0.15) is 0 Å². The van der Waals surface area contributed by atoms with E-state index in [2.05, 4.69) is 184 Å². The molecule has 0 saturated heterocycles. The van der Waals surface area contributed by atoms with Gasteiger partial charge in [-0.25, -0.2) is 15.0 Å². The zero-order valence-corrected chi connectivity index (χ0v) is 31.2. The van der Waals surface area contributed by atoms with Crippen LogP contribution in [-0.2, 0) is 10.8 Å². The second-order valence-electron chi connectivity index (χ2n) is 15.5. The highest BCUT2D eigenvalue weighted by molar-refractivity contribution is 5.98. The molecule has 2 aliphatic carbocycles. The average molecular weight is 716 g/mol. The molecular formula is C53H37N3. The first kappa shape index (κ1) is 32.5. The summed E-state index contributed by atoms with van der Waals surface area (Å²) in [5.74, 6) is 1.95. The van der Waals surface area contributed by atoms with E-state index in [1.165, 1.54) is 50.1 Å².